The van der Waals surface area contributed by atoms with Crippen LogP contribution in [0.4, 0.5) is 10.1 Å². The van der Waals surface area contributed by atoms with Gasteiger partial charge in [-0.1, -0.05) is 54.9 Å². The molecule has 6 nitrogen and oxygen atoms in total. The molecule has 0 radical (unpaired) electrons. The van der Waals surface area contributed by atoms with Crippen LogP contribution in [0.3, 0.4) is 0 Å². The summed E-state index contributed by atoms with van der Waals surface area (Å²) in [6.45, 7) is 13.5. The highest BCUT2D eigenvalue weighted by atomic mass is 35.5. The fourth-order valence-corrected chi connectivity index (χ4v) is 7.87. The van der Waals surface area contributed by atoms with Crippen molar-refractivity contribution < 1.29 is 22.9 Å². The van der Waals surface area contributed by atoms with E-state index < -0.39 is 46.4 Å². The van der Waals surface area contributed by atoms with Gasteiger partial charge in [-0.25, -0.2) is 8.60 Å². The molecule has 4 atom stereocenters. The molecule has 2 aliphatic rings. The summed E-state index contributed by atoms with van der Waals surface area (Å²) in [5, 5.41) is 0.527. The van der Waals surface area contributed by atoms with Crippen LogP contribution in [-0.4, -0.2) is 38.8 Å². The standard InChI is InChI=1S/C35H42ClFN2O4S/c1-21-13-16-29(37)31(22(21)2)23(3)32(34(40)43-35(5,6)7)39-20-38(27-14-15-27)30-18-26(36)17-28(33(30)44(39)41)24(4)42-19-25-11-9-8-10-12-25/h8-13,16-18,23-24,27,32H,14-15,19-20H2,1-7H3. The minimum atomic E-state index is -1.81. The molecule has 44 heavy (non-hydrogen) atoms. The third kappa shape index (κ3) is 6.89. The number of hydrogen-bond donors (Lipinski definition) is 0. The smallest absolute Gasteiger partial charge is 0.325 e. The van der Waals surface area contributed by atoms with Crippen LogP contribution >= 0.6 is 11.6 Å². The lowest BCUT2D eigenvalue weighted by atomic mass is 9.87. The van der Waals surface area contributed by atoms with Crippen molar-refractivity contribution in [2.45, 2.75) is 103 Å². The van der Waals surface area contributed by atoms with Crippen molar-refractivity contribution in [2.24, 2.45) is 0 Å². The normalized spacial score (nSPS) is 19.3. The fraction of sp³-hybridized carbons (Fsp3) is 0.457. The van der Waals surface area contributed by atoms with Gasteiger partial charge >= 0.3 is 5.97 Å². The summed E-state index contributed by atoms with van der Waals surface area (Å²) in [7, 11) is -1.81. The molecule has 4 unspecified atom stereocenters. The topological polar surface area (TPSA) is 59.1 Å². The second kappa shape index (κ2) is 12.9. The first-order valence-electron chi connectivity index (χ1n) is 15.2. The maximum Gasteiger partial charge on any atom is 0.325 e. The third-order valence-corrected chi connectivity index (χ3v) is 10.2. The quantitative estimate of drug-likeness (QED) is 0.221. The molecule has 0 amide bonds. The molecule has 1 aliphatic carbocycles. The number of aryl methyl sites for hydroxylation is 1. The number of anilines is 1. The molecule has 1 heterocycles. The summed E-state index contributed by atoms with van der Waals surface area (Å²) >= 11 is 6.67. The maximum atomic E-state index is 15.5. The summed E-state index contributed by atoms with van der Waals surface area (Å²) in [5.74, 6) is -1.59. The number of esters is 1. The molecule has 3 aromatic carbocycles. The Morgan fingerprint density at radius 1 is 1.09 bits per heavy atom. The number of fused-ring (bicyclic) bond motifs is 1. The SMILES string of the molecule is Cc1ccc(F)c(C(C)C(C(=O)OC(C)(C)C)N2CN(C3CC3)c3cc(Cl)cc(C(C)OCc4ccccc4)c3S2=O)c1C. The first-order valence-corrected chi connectivity index (χ1v) is 16.7. The molecule has 9 heteroatoms. The zero-order valence-electron chi connectivity index (χ0n) is 26.5. The van der Waals surface area contributed by atoms with Crippen LogP contribution in [0.2, 0.25) is 5.02 Å². The lowest BCUT2D eigenvalue weighted by Crippen LogP contribution is -2.55. The van der Waals surface area contributed by atoms with Crippen molar-refractivity contribution in [3.63, 3.8) is 0 Å². The Hall–Kier alpha value is -2.78. The van der Waals surface area contributed by atoms with Crippen molar-refractivity contribution >= 4 is 34.2 Å². The van der Waals surface area contributed by atoms with E-state index in [4.69, 9.17) is 21.1 Å². The summed E-state index contributed by atoms with van der Waals surface area (Å²) < 4.78 is 44.2. The van der Waals surface area contributed by atoms with Crippen LogP contribution in [0.5, 0.6) is 0 Å². The van der Waals surface area contributed by atoms with Gasteiger partial charge in [0.05, 0.1) is 30.0 Å². The van der Waals surface area contributed by atoms with Gasteiger partial charge in [0, 0.05) is 22.5 Å². The van der Waals surface area contributed by atoms with Gasteiger partial charge in [-0.3, -0.25) is 4.79 Å². The minimum absolute atomic E-state index is 0.212. The molecule has 0 saturated heterocycles. The van der Waals surface area contributed by atoms with E-state index in [1.165, 1.54) is 6.07 Å². The molecule has 236 valence electrons. The van der Waals surface area contributed by atoms with E-state index in [1.807, 2.05) is 64.1 Å². The van der Waals surface area contributed by atoms with Crippen LogP contribution in [-0.2, 0) is 31.9 Å². The molecule has 0 aromatic heterocycles. The molecule has 3 aromatic rings. The molecule has 0 bridgehead atoms. The van der Waals surface area contributed by atoms with Crippen molar-refractivity contribution in [3.05, 3.63) is 93.3 Å². The Bertz CT molecular complexity index is 1560. The Morgan fingerprint density at radius 3 is 2.41 bits per heavy atom. The number of benzene rings is 3. The highest BCUT2D eigenvalue weighted by Crippen LogP contribution is 2.46. The Labute approximate surface area is 268 Å². The number of nitrogens with zero attached hydrogens (tertiary/aromatic N) is 2. The molecular formula is C35H42ClFN2O4S. The second-order valence-corrected chi connectivity index (χ2v) is 14.8. The van der Waals surface area contributed by atoms with Gasteiger partial charge in [0.2, 0.25) is 0 Å². The summed E-state index contributed by atoms with van der Waals surface area (Å²) in [4.78, 5) is 16.8. The zero-order chi connectivity index (χ0) is 31.9. The average Bonchev–Trinajstić information content (AvgIpc) is 3.80. The van der Waals surface area contributed by atoms with Gasteiger partial charge in [-0.2, -0.15) is 4.31 Å². The maximum absolute atomic E-state index is 15.5. The lowest BCUT2D eigenvalue weighted by molar-refractivity contribution is -0.160. The molecule has 1 saturated carbocycles. The monoisotopic (exact) mass is 640 g/mol. The Morgan fingerprint density at radius 2 is 1.77 bits per heavy atom. The highest BCUT2D eigenvalue weighted by Gasteiger charge is 2.47. The number of hydrogen-bond acceptors (Lipinski definition) is 5. The van der Waals surface area contributed by atoms with Gasteiger partial charge < -0.3 is 14.4 Å². The summed E-state index contributed by atoms with van der Waals surface area (Å²) in [6.07, 6.45) is 1.50. The van der Waals surface area contributed by atoms with Gasteiger partial charge in [-0.15, -0.1) is 0 Å². The fourth-order valence-electron chi connectivity index (χ4n) is 5.93. The van der Waals surface area contributed by atoms with E-state index >= 15 is 4.39 Å². The zero-order valence-corrected chi connectivity index (χ0v) is 28.1. The Kier molecular flexibility index (Phi) is 9.57. The van der Waals surface area contributed by atoms with Gasteiger partial charge in [-0.05, 0) is 94.8 Å². The van der Waals surface area contributed by atoms with E-state index in [9.17, 15) is 9.00 Å². The van der Waals surface area contributed by atoms with E-state index in [0.29, 0.717) is 27.7 Å². The predicted octanol–water partition coefficient (Wildman–Crippen LogP) is 8.15. The lowest BCUT2D eigenvalue weighted by Gasteiger charge is -2.43. The predicted molar refractivity (Wildman–Crippen MR) is 174 cm³/mol. The van der Waals surface area contributed by atoms with E-state index in [1.54, 1.807) is 37.2 Å². The highest BCUT2D eigenvalue weighted by molar-refractivity contribution is 7.83. The minimum Gasteiger partial charge on any atom is -0.459 e. The van der Waals surface area contributed by atoms with Crippen LogP contribution in [0.15, 0.2) is 59.5 Å². The van der Waals surface area contributed by atoms with Crippen molar-refractivity contribution in [1.82, 2.24) is 4.31 Å². The molecule has 5 rings (SSSR count). The van der Waals surface area contributed by atoms with Gasteiger partial charge in [0.1, 0.15) is 28.4 Å². The molecular weight excluding hydrogens is 599 g/mol. The van der Waals surface area contributed by atoms with Crippen LogP contribution in [0, 0.1) is 19.7 Å². The summed E-state index contributed by atoms with van der Waals surface area (Å²) in [6, 6.07) is 15.9. The van der Waals surface area contributed by atoms with Crippen molar-refractivity contribution in [3.8, 4) is 0 Å². The molecule has 1 fully saturated rings. The van der Waals surface area contributed by atoms with E-state index in [2.05, 4.69) is 4.90 Å². The van der Waals surface area contributed by atoms with Crippen LogP contribution in [0.1, 0.15) is 87.3 Å². The molecule has 0 N–H and O–H groups in total. The third-order valence-electron chi connectivity index (χ3n) is 8.44. The number of halogens is 2. The van der Waals surface area contributed by atoms with Gasteiger partial charge in [0.15, 0.2) is 0 Å². The second-order valence-electron chi connectivity index (χ2n) is 13.0. The molecule has 1 aliphatic heterocycles. The van der Waals surface area contributed by atoms with Gasteiger partial charge in [0.25, 0.3) is 0 Å². The summed E-state index contributed by atoms with van der Waals surface area (Å²) in [5.41, 5.74) is 3.83. The van der Waals surface area contributed by atoms with Crippen molar-refractivity contribution in [2.75, 3.05) is 11.6 Å². The number of rotatable bonds is 9. The molecule has 0 spiro atoms. The van der Waals surface area contributed by atoms with E-state index in [0.717, 1.165) is 35.2 Å². The van der Waals surface area contributed by atoms with Crippen LogP contribution in [0.25, 0.3) is 0 Å². The Balaban J connectivity index is 1.60. The van der Waals surface area contributed by atoms with Crippen LogP contribution < -0.4 is 4.90 Å². The first-order chi connectivity index (χ1) is 20.8. The largest absolute Gasteiger partial charge is 0.459 e. The first kappa shape index (κ1) is 32.6. The van der Waals surface area contributed by atoms with E-state index in [-0.39, 0.29) is 12.7 Å². The number of carbonyl (C=O) groups is 1. The van der Waals surface area contributed by atoms with Crippen molar-refractivity contribution in [1.29, 1.82) is 0 Å². The average molecular weight is 641 g/mol. The number of carbonyl (C=O) groups excluding carboxylic acids is 1. The number of ether oxygens (including phenoxy) is 2.